The highest BCUT2D eigenvalue weighted by atomic mass is 127. The lowest BCUT2D eigenvalue weighted by Gasteiger charge is -2.48. The molecule has 162 valence electrons. The topological polar surface area (TPSA) is 69.2 Å². The number of amides is 1. The normalized spacial score (nSPS) is 23.6. The molecule has 1 aliphatic carbocycles. The van der Waals surface area contributed by atoms with E-state index in [-0.39, 0.29) is 35.4 Å². The quantitative estimate of drug-likeness (QED) is 0.338. The smallest absolute Gasteiger partial charge is 0.241 e. The molecule has 1 amide bonds. The van der Waals surface area contributed by atoms with Crippen LogP contribution in [-0.4, -0.2) is 86.7 Å². The average Bonchev–Trinajstić information content (AvgIpc) is 2.75. The Kier molecular flexibility index (Phi) is 10.3. The molecule has 28 heavy (non-hydrogen) atoms. The molecule has 0 aromatic carbocycles. The predicted molar refractivity (Wildman–Crippen MR) is 123 cm³/mol. The highest BCUT2D eigenvalue weighted by Crippen LogP contribution is 2.33. The third kappa shape index (κ3) is 6.45. The van der Waals surface area contributed by atoms with E-state index in [1.807, 2.05) is 4.90 Å². The zero-order chi connectivity index (χ0) is 19.0. The number of likely N-dealkylation sites (tertiary alicyclic amines) is 1. The summed E-state index contributed by atoms with van der Waals surface area (Å²) in [5.74, 6) is 0.914. The number of carbonyl (C=O) groups is 1. The van der Waals surface area contributed by atoms with E-state index in [2.05, 4.69) is 20.5 Å². The number of guanidine groups is 1. The second kappa shape index (κ2) is 12.2. The van der Waals surface area contributed by atoms with Crippen molar-refractivity contribution in [3.8, 4) is 0 Å². The van der Waals surface area contributed by atoms with Crippen LogP contribution in [0.25, 0.3) is 0 Å². The van der Waals surface area contributed by atoms with Gasteiger partial charge in [-0.2, -0.15) is 0 Å². The predicted octanol–water partition coefficient (Wildman–Crippen LogP) is 1.82. The fourth-order valence-corrected chi connectivity index (χ4v) is 4.74. The Bertz CT molecular complexity index is 499. The van der Waals surface area contributed by atoms with E-state index in [0.717, 1.165) is 64.7 Å². The average molecular weight is 507 g/mol. The number of aliphatic imine (C=N–C) groups is 1. The van der Waals surface area contributed by atoms with Crippen molar-refractivity contribution in [2.24, 2.45) is 4.99 Å². The maximum Gasteiger partial charge on any atom is 0.241 e. The highest BCUT2D eigenvalue weighted by Gasteiger charge is 2.38. The number of morpholine rings is 1. The van der Waals surface area contributed by atoms with Gasteiger partial charge in [0.25, 0.3) is 0 Å². The Labute approximate surface area is 187 Å². The first kappa shape index (κ1) is 23.7. The summed E-state index contributed by atoms with van der Waals surface area (Å²) in [5, 5.41) is 6.75. The SMILES string of the molecule is CN=C(NCC(=O)N1CCCCC1)NCC1(N2CCOCC2)CCCCC1.I. The number of nitrogens with one attached hydrogen (secondary N) is 2. The van der Waals surface area contributed by atoms with Crippen molar-refractivity contribution in [1.29, 1.82) is 0 Å². The molecule has 7 nitrogen and oxygen atoms in total. The van der Waals surface area contributed by atoms with Crippen molar-refractivity contribution in [1.82, 2.24) is 20.4 Å². The first-order chi connectivity index (χ1) is 13.2. The van der Waals surface area contributed by atoms with E-state index in [9.17, 15) is 4.79 Å². The zero-order valence-corrected chi connectivity index (χ0v) is 19.7. The van der Waals surface area contributed by atoms with E-state index < -0.39 is 0 Å². The second-order valence-electron chi connectivity index (χ2n) is 8.11. The Balaban J connectivity index is 0.00000280. The van der Waals surface area contributed by atoms with Crippen LogP contribution in [0.15, 0.2) is 4.99 Å². The lowest BCUT2D eigenvalue weighted by molar-refractivity contribution is -0.130. The van der Waals surface area contributed by atoms with Gasteiger partial charge in [-0.3, -0.25) is 14.7 Å². The lowest BCUT2D eigenvalue weighted by Crippen LogP contribution is -2.60. The van der Waals surface area contributed by atoms with Crippen LogP contribution >= 0.6 is 24.0 Å². The molecule has 8 heteroatoms. The summed E-state index contributed by atoms with van der Waals surface area (Å²) in [6.45, 7) is 6.69. The first-order valence-electron chi connectivity index (χ1n) is 10.8. The van der Waals surface area contributed by atoms with Gasteiger partial charge in [0, 0.05) is 45.3 Å². The Morgan fingerprint density at radius 3 is 2.25 bits per heavy atom. The van der Waals surface area contributed by atoms with Gasteiger partial charge in [0.15, 0.2) is 5.96 Å². The number of hydrogen-bond acceptors (Lipinski definition) is 4. The Morgan fingerprint density at radius 2 is 1.61 bits per heavy atom. The number of piperidine rings is 1. The molecule has 3 fully saturated rings. The standard InChI is InChI=1S/C20H37N5O2.HI/c1-21-19(22-16-18(26)24-10-6-3-7-11-24)23-17-20(8-4-2-5-9-20)25-12-14-27-15-13-25;/h2-17H2,1H3,(H2,21,22,23);1H. The number of ether oxygens (including phenoxy) is 1. The maximum absolute atomic E-state index is 12.4. The van der Waals surface area contributed by atoms with Gasteiger partial charge in [-0.05, 0) is 32.1 Å². The maximum atomic E-state index is 12.4. The van der Waals surface area contributed by atoms with Crippen molar-refractivity contribution < 1.29 is 9.53 Å². The highest BCUT2D eigenvalue weighted by molar-refractivity contribution is 14.0. The molecule has 0 bridgehead atoms. The molecule has 0 aromatic heterocycles. The third-order valence-electron chi connectivity index (χ3n) is 6.39. The van der Waals surface area contributed by atoms with Crippen molar-refractivity contribution in [2.75, 3.05) is 59.5 Å². The molecule has 0 radical (unpaired) electrons. The van der Waals surface area contributed by atoms with E-state index in [4.69, 9.17) is 4.74 Å². The molecular formula is C20H38IN5O2. The van der Waals surface area contributed by atoms with E-state index in [0.29, 0.717) is 6.54 Å². The molecule has 3 aliphatic rings. The van der Waals surface area contributed by atoms with E-state index in [1.54, 1.807) is 7.05 Å². The molecule has 0 aromatic rings. The minimum Gasteiger partial charge on any atom is -0.379 e. The van der Waals surface area contributed by atoms with Crippen LogP contribution in [0.1, 0.15) is 51.4 Å². The molecule has 2 aliphatic heterocycles. The number of halogens is 1. The number of carbonyl (C=O) groups excluding carboxylic acids is 1. The van der Waals surface area contributed by atoms with E-state index in [1.165, 1.54) is 38.5 Å². The van der Waals surface area contributed by atoms with Gasteiger partial charge in [0.1, 0.15) is 0 Å². The van der Waals surface area contributed by atoms with Crippen molar-refractivity contribution in [3.05, 3.63) is 0 Å². The van der Waals surface area contributed by atoms with Crippen LogP contribution in [0.5, 0.6) is 0 Å². The summed E-state index contributed by atoms with van der Waals surface area (Å²) in [5.41, 5.74) is 0.191. The molecule has 3 rings (SSSR count). The molecule has 2 saturated heterocycles. The van der Waals surface area contributed by atoms with Crippen molar-refractivity contribution in [2.45, 2.75) is 56.9 Å². The summed E-state index contributed by atoms with van der Waals surface area (Å²) < 4.78 is 5.56. The van der Waals surface area contributed by atoms with Gasteiger partial charge in [-0.1, -0.05) is 19.3 Å². The molecule has 2 heterocycles. The van der Waals surface area contributed by atoms with Crippen LogP contribution in [0.4, 0.5) is 0 Å². The Hall–Kier alpha value is -0.610. The molecule has 0 atom stereocenters. The fraction of sp³-hybridized carbons (Fsp3) is 0.900. The minimum atomic E-state index is 0. The van der Waals surface area contributed by atoms with Gasteiger partial charge in [-0.25, -0.2) is 0 Å². The number of hydrogen-bond donors (Lipinski definition) is 2. The summed E-state index contributed by atoms with van der Waals surface area (Å²) in [7, 11) is 1.78. The van der Waals surface area contributed by atoms with Crippen LogP contribution in [0, 0.1) is 0 Å². The third-order valence-corrected chi connectivity index (χ3v) is 6.39. The molecular weight excluding hydrogens is 469 g/mol. The summed E-state index contributed by atoms with van der Waals surface area (Å²) in [6.07, 6.45) is 9.86. The summed E-state index contributed by atoms with van der Waals surface area (Å²) in [4.78, 5) is 21.3. The molecule has 0 spiro atoms. The van der Waals surface area contributed by atoms with Crippen LogP contribution in [-0.2, 0) is 9.53 Å². The monoisotopic (exact) mass is 507 g/mol. The van der Waals surface area contributed by atoms with Crippen LogP contribution in [0.3, 0.4) is 0 Å². The summed E-state index contributed by atoms with van der Waals surface area (Å²) >= 11 is 0. The fourth-order valence-electron chi connectivity index (χ4n) is 4.74. The summed E-state index contributed by atoms with van der Waals surface area (Å²) in [6, 6.07) is 0. The first-order valence-corrected chi connectivity index (χ1v) is 10.8. The zero-order valence-electron chi connectivity index (χ0n) is 17.4. The van der Waals surface area contributed by atoms with Gasteiger partial charge >= 0.3 is 0 Å². The number of nitrogens with zero attached hydrogens (tertiary/aromatic N) is 3. The van der Waals surface area contributed by atoms with E-state index >= 15 is 0 Å². The second-order valence-corrected chi connectivity index (χ2v) is 8.11. The van der Waals surface area contributed by atoms with Gasteiger partial charge < -0.3 is 20.3 Å². The van der Waals surface area contributed by atoms with Gasteiger partial charge in [0.2, 0.25) is 5.91 Å². The molecule has 0 unspecified atom stereocenters. The molecule has 2 N–H and O–H groups in total. The van der Waals surface area contributed by atoms with Gasteiger partial charge in [-0.15, -0.1) is 24.0 Å². The van der Waals surface area contributed by atoms with Crippen molar-refractivity contribution >= 4 is 35.8 Å². The minimum absolute atomic E-state index is 0. The largest absolute Gasteiger partial charge is 0.379 e. The molecule has 1 saturated carbocycles. The van der Waals surface area contributed by atoms with Gasteiger partial charge in [0.05, 0.1) is 19.8 Å². The van der Waals surface area contributed by atoms with Crippen molar-refractivity contribution in [3.63, 3.8) is 0 Å². The Morgan fingerprint density at radius 1 is 0.964 bits per heavy atom. The number of rotatable bonds is 5. The van der Waals surface area contributed by atoms with Crippen LogP contribution < -0.4 is 10.6 Å². The van der Waals surface area contributed by atoms with Crippen LogP contribution in [0.2, 0.25) is 0 Å². The lowest BCUT2D eigenvalue weighted by atomic mass is 9.80.